The van der Waals surface area contributed by atoms with Crippen LogP contribution in [-0.4, -0.2) is 23.0 Å². The molecule has 0 spiro atoms. The van der Waals surface area contributed by atoms with Crippen LogP contribution in [0.3, 0.4) is 0 Å². The molecule has 0 aliphatic carbocycles. The van der Waals surface area contributed by atoms with Crippen LogP contribution >= 0.6 is 24.2 Å². The van der Waals surface area contributed by atoms with Crippen molar-refractivity contribution < 1.29 is 4.79 Å². The summed E-state index contributed by atoms with van der Waals surface area (Å²) < 4.78 is 0. The molecule has 1 rings (SSSR count). The first-order valence-corrected chi connectivity index (χ1v) is 4.93. The molecule has 12 heavy (non-hydrogen) atoms. The molecule has 5 heteroatoms. The Bertz CT molecular complexity index is 159. The van der Waals surface area contributed by atoms with Crippen LogP contribution in [0.25, 0.3) is 0 Å². The van der Waals surface area contributed by atoms with Gasteiger partial charge in [0.25, 0.3) is 0 Å². The van der Waals surface area contributed by atoms with E-state index in [4.69, 9.17) is 11.5 Å². The molecule has 0 atom stereocenters. The highest BCUT2D eigenvalue weighted by atomic mass is 35.5. The van der Waals surface area contributed by atoms with Crippen molar-refractivity contribution in [1.82, 2.24) is 0 Å². The van der Waals surface area contributed by atoms with Gasteiger partial charge in [-0.3, -0.25) is 4.79 Å². The number of hydrogen-bond donors (Lipinski definition) is 2. The van der Waals surface area contributed by atoms with Crippen molar-refractivity contribution in [3.63, 3.8) is 0 Å². The summed E-state index contributed by atoms with van der Waals surface area (Å²) in [6.45, 7) is 0. The number of amides is 1. The van der Waals surface area contributed by atoms with E-state index in [1.54, 1.807) is 0 Å². The lowest BCUT2D eigenvalue weighted by Gasteiger charge is -2.31. The number of halogens is 1. The zero-order valence-electron chi connectivity index (χ0n) is 6.91. The SMILES string of the molecule is Cl.NC(=O)CC1(N)CCSCC1. The molecule has 0 unspecified atom stereocenters. The smallest absolute Gasteiger partial charge is 0.219 e. The Kier molecular flexibility index (Phi) is 4.97. The third kappa shape index (κ3) is 3.65. The maximum Gasteiger partial charge on any atom is 0.219 e. The minimum Gasteiger partial charge on any atom is -0.370 e. The van der Waals surface area contributed by atoms with Gasteiger partial charge < -0.3 is 11.5 Å². The molecule has 4 N–H and O–H groups in total. The average molecular weight is 211 g/mol. The molecule has 3 nitrogen and oxygen atoms in total. The molecule has 1 aliphatic rings. The largest absolute Gasteiger partial charge is 0.370 e. The highest BCUT2D eigenvalue weighted by Crippen LogP contribution is 2.26. The number of thioether (sulfide) groups is 1. The predicted octanol–water partition coefficient (Wildman–Crippen LogP) is 0.508. The molecule has 0 bridgehead atoms. The zero-order valence-corrected chi connectivity index (χ0v) is 8.55. The highest BCUT2D eigenvalue weighted by molar-refractivity contribution is 7.99. The first kappa shape index (κ1) is 12.1. The van der Waals surface area contributed by atoms with Crippen molar-refractivity contribution in [2.24, 2.45) is 11.5 Å². The minimum absolute atomic E-state index is 0. The summed E-state index contributed by atoms with van der Waals surface area (Å²) in [6, 6.07) is 0. The van der Waals surface area contributed by atoms with E-state index in [1.807, 2.05) is 11.8 Å². The van der Waals surface area contributed by atoms with E-state index in [1.165, 1.54) is 0 Å². The van der Waals surface area contributed by atoms with Gasteiger partial charge in [0.15, 0.2) is 0 Å². The standard InChI is InChI=1S/C7H14N2OS.ClH/c8-6(10)5-7(9)1-3-11-4-2-7;/h1-5,9H2,(H2,8,10);1H. The lowest BCUT2D eigenvalue weighted by atomic mass is 9.90. The molecule has 1 aliphatic heterocycles. The molecule has 0 saturated carbocycles. The Morgan fingerprint density at radius 3 is 2.33 bits per heavy atom. The summed E-state index contributed by atoms with van der Waals surface area (Å²) in [4.78, 5) is 10.6. The van der Waals surface area contributed by atoms with Crippen molar-refractivity contribution in [2.75, 3.05) is 11.5 Å². The van der Waals surface area contributed by atoms with Crippen LogP contribution in [0.15, 0.2) is 0 Å². The van der Waals surface area contributed by atoms with Crippen LogP contribution in [-0.2, 0) is 4.79 Å². The Balaban J connectivity index is 0.00000121. The molecule has 0 aromatic heterocycles. The van der Waals surface area contributed by atoms with Crippen LogP contribution in [0.5, 0.6) is 0 Å². The van der Waals surface area contributed by atoms with Crippen LogP contribution in [0.1, 0.15) is 19.3 Å². The fourth-order valence-electron chi connectivity index (χ4n) is 1.30. The van der Waals surface area contributed by atoms with Crippen molar-refractivity contribution in [3.05, 3.63) is 0 Å². The van der Waals surface area contributed by atoms with Gasteiger partial charge in [0.1, 0.15) is 0 Å². The molecular weight excluding hydrogens is 196 g/mol. The summed E-state index contributed by atoms with van der Waals surface area (Å²) in [5.74, 6) is 1.84. The van der Waals surface area contributed by atoms with Crippen molar-refractivity contribution in [3.8, 4) is 0 Å². The second-order valence-corrected chi connectivity index (χ2v) is 4.34. The minimum atomic E-state index is -0.295. The Morgan fingerprint density at radius 2 is 1.92 bits per heavy atom. The number of carbonyl (C=O) groups excluding carboxylic acids is 1. The highest BCUT2D eigenvalue weighted by Gasteiger charge is 2.29. The van der Waals surface area contributed by atoms with Gasteiger partial charge in [-0.2, -0.15) is 11.8 Å². The van der Waals surface area contributed by atoms with Gasteiger partial charge in [0.05, 0.1) is 0 Å². The molecule has 0 aromatic carbocycles. The van der Waals surface area contributed by atoms with Crippen LogP contribution < -0.4 is 11.5 Å². The molecular formula is C7H15ClN2OS. The molecule has 1 amide bonds. The van der Waals surface area contributed by atoms with Crippen molar-refractivity contribution in [1.29, 1.82) is 0 Å². The van der Waals surface area contributed by atoms with Crippen molar-refractivity contribution >= 4 is 30.1 Å². The zero-order chi connectivity index (χ0) is 8.32. The lowest BCUT2D eigenvalue weighted by Crippen LogP contribution is -2.46. The second kappa shape index (κ2) is 4.94. The lowest BCUT2D eigenvalue weighted by molar-refractivity contribution is -0.119. The molecule has 1 heterocycles. The molecule has 72 valence electrons. The quantitative estimate of drug-likeness (QED) is 0.698. The predicted molar refractivity (Wildman–Crippen MR) is 54.5 cm³/mol. The number of primary amides is 1. The molecule has 0 radical (unpaired) electrons. The van der Waals surface area contributed by atoms with Gasteiger partial charge in [0.2, 0.25) is 5.91 Å². The third-order valence-corrected chi connectivity index (χ3v) is 3.00. The number of rotatable bonds is 2. The van der Waals surface area contributed by atoms with Gasteiger partial charge in [-0.1, -0.05) is 0 Å². The van der Waals surface area contributed by atoms with E-state index in [9.17, 15) is 4.79 Å². The van der Waals surface area contributed by atoms with Crippen LogP contribution in [0.4, 0.5) is 0 Å². The summed E-state index contributed by atoms with van der Waals surface area (Å²) in [5, 5.41) is 0. The maximum absolute atomic E-state index is 10.6. The summed E-state index contributed by atoms with van der Waals surface area (Å²) >= 11 is 1.89. The van der Waals surface area contributed by atoms with Crippen LogP contribution in [0.2, 0.25) is 0 Å². The average Bonchev–Trinajstić information content (AvgIpc) is 1.85. The first-order chi connectivity index (χ1) is 5.12. The van der Waals surface area contributed by atoms with E-state index in [0.29, 0.717) is 6.42 Å². The van der Waals surface area contributed by atoms with Gasteiger partial charge >= 0.3 is 0 Å². The number of hydrogen-bond acceptors (Lipinski definition) is 3. The summed E-state index contributed by atoms with van der Waals surface area (Å²) in [5.41, 5.74) is 10.7. The summed E-state index contributed by atoms with van der Waals surface area (Å²) in [6.07, 6.45) is 2.18. The van der Waals surface area contributed by atoms with Crippen LogP contribution in [0, 0.1) is 0 Å². The van der Waals surface area contributed by atoms with E-state index in [0.717, 1.165) is 24.3 Å². The maximum atomic E-state index is 10.6. The van der Waals surface area contributed by atoms with Gasteiger partial charge in [-0.15, -0.1) is 12.4 Å². The number of nitrogens with two attached hydrogens (primary N) is 2. The van der Waals surface area contributed by atoms with E-state index in [2.05, 4.69) is 0 Å². The third-order valence-electron chi connectivity index (χ3n) is 2.01. The van der Waals surface area contributed by atoms with E-state index < -0.39 is 0 Å². The monoisotopic (exact) mass is 210 g/mol. The Labute approximate surface area is 83.0 Å². The fourth-order valence-corrected chi connectivity index (χ4v) is 2.61. The molecule has 1 saturated heterocycles. The second-order valence-electron chi connectivity index (χ2n) is 3.12. The van der Waals surface area contributed by atoms with Gasteiger partial charge in [0, 0.05) is 12.0 Å². The first-order valence-electron chi connectivity index (χ1n) is 3.77. The normalized spacial score (nSPS) is 21.1. The van der Waals surface area contributed by atoms with Crippen molar-refractivity contribution in [2.45, 2.75) is 24.8 Å². The topological polar surface area (TPSA) is 69.1 Å². The van der Waals surface area contributed by atoms with E-state index in [-0.39, 0.29) is 23.9 Å². The van der Waals surface area contributed by atoms with E-state index >= 15 is 0 Å². The molecule has 0 aromatic rings. The Hall–Kier alpha value is 0.0700. The summed E-state index contributed by atoms with van der Waals surface area (Å²) in [7, 11) is 0. The number of carbonyl (C=O) groups is 1. The molecule has 1 fully saturated rings. The fraction of sp³-hybridized carbons (Fsp3) is 0.857. The van der Waals surface area contributed by atoms with Gasteiger partial charge in [-0.25, -0.2) is 0 Å². The van der Waals surface area contributed by atoms with Gasteiger partial charge in [-0.05, 0) is 24.3 Å². The Morgan fingerprint density at radius 1 is 1.42 bits per heavy atom.